The number of aromatic nitrogens is 1. The topological polar surface area (TPSA) is 88.6 Å². The van der Waals surface area contributed by atoms with Gasteiger partial charge in [-0.2, -0.15) is 4.31 Å². The van der Waals surface area contributed by atoms with E-state index in [0.717, 1.165) is 35.4 Å². The average Bonchev–Trinajstić information content (AvgIpc) is 3.42. The summed E-state index contributed by atoms with van der Waals surface area (Å²) in [5.41, 5.74) is 2.73. The number of ether oxygens (including phenoxy) is 1. The Hall–Kier alpha value is -3.23. The summed E-state index contributed by atoms with van der Waals surface area (Å²) in [6.07, 6.45) is 4.43. The van der Waals surface area contributed by atoms with E-state index in [1.54, 1.807) is 30.5 Å². The first-order chi connectivity index (χ1) is 16.5. The van der Waals surface area contributed by atoms with Gasteiger partial charge in [0.2, 0.25) is 15.9 Å². The van der Waals surface area contributed by atoms with Crippen LogP contribution in [0.3, 0.4) is 0 Å². The molecule has 1 N–H and O–H groups in total. The molecule has 1 aliphatic rings. The third-order valence-electron chi connectivity index (χ3n) is 5.77. The quantitative estimate of drug-likeness (QED) is 0.479. The average molecular weight is 480 g/mol. The Morgan fingerprint density at radius 1 is 0.971 bits per heavy atom. The highest BCUT2D eigenvalue weighted by atomic mass is 32.2. The van der Waals surface area contributed by atoms with Crippen molar-refractivity contribution >= 4 is 15.9 Å². The van der Waals surface area contributed by atoms with E-state index in [1.807, 2.05) is 42.5 Å². The van der Waals surface area contributed by atoms with Gasteiger partial charge in [0.25, 0.3) is 0 Å². The fourth-order valence-corrected chi connectivity index (χ4v) is 5.36. The molecule has 3 aromatic rings. The second-order valence-corrected chi connectivity index (χ2v) is 10.2. The number of aryl methyl sites for hydroxylation is 1. The molecule has 7 nitrogen and oxygen atoms in total. The molecule has 4 rings (SSSR count). The summed E-state index contributed by atoms with van der Waals surface area (Å²) in [4.78, 5) is 16.9. The standard InChI is InChI=1S/C26H29N3O4S/c30-26(14-11-21-9-12-25(13-10-21)34(31,32)29-16-3-4-17-29)28-19-22-6-5-8-24(18-22)33-20-23-7-1-2-15-27-23/h1-2,5-10,12-13,15,18H,3-4,11,14,16-17,19-20H2,(H,28,30). The van der Waals surface area contributed by atoms with E-state index >= 15 is 0 Å². The zero-order valence-corrected chi connectivity index (χ0v) is 19.8. The first kappa shape index (κ1) is 23.9. The molecule has 0 saturated carbocycles. The van der Waals surface area contributed by atoms with E-state index in [9.17, 15) is 13.2 Å². The summed E-state index contributed by atoms with van der Waals surface area (Å²) in [7, 11) is -3.41. The number of hydrogen-bond donors (Lipinski definition) is 1. The van der Waals surface area contributed by atoms with Crippen LogP contribution in [0.25, 0.3) is 0 Å². The van der Waals surface area contributed by atoms with Gasteiger partial charge in [-0.3, -0.25) is 9.78 Å². The minimum atomic E-state index is -3.41. The van der Waals surface area contributed by atoms with E-state index in [0.29, 0.717) is 44.0 Å². The lowest BCUT2D eigenvalue weighted by atomic mass is 10.1. The molecule has 2 aromatic carbocycles. The molecular formula is C26H29N3O4S. The van der Waals surface area contributed by atoms with Crippen molar-refractivity contribution in [1.29, 1.82) is 0 Å². The Labute approximate surface area is 200 Å². The van der Waals surface area contributed by atoms with Crippen LogP contribution in [0.15, 0.2) is 77.8 Å². The number of sulfonamides is 1. The highest BCUT2D eigenvalue weighted by molar-refractivity contribution is 7.89. The normalized spacial score (nSPS) is 14.1. The number of benzene rings is 2. The summed E-state index contributed by atoms with van der Waals surface area (Å²) in [5.74, 6) is 0.662. The van der Waals surface area contributed by atoms with Crippen LogP contribution in [0.4, 0.5) is 0 Å². The van der Waals surface area contributed by atoms with Crippen LogP contribution in [0.5, 0.6) is 5.75 Å². The van der Waals surface area contributed by atoms with Crippen LogP contribution < -0.4 is 10.1 Å². The molecule has 1 aliphatic heterocycles. The predicted molar refractivity (Wildman–Crippen MR) is 130 cm³/mol. The van der Waals surface area contributed by atoms with Gasteiger partial charge in [-0.25, -0.2) is 8.42 Å². The molecule has 1 fully saturated rings. The van der Waals surface area contributed by atoms with Gasteiger partial charge in [-0.15, -0.1) is 0 Å². The van der Waals surface area contributed by atoms with Gasteiger partial charge < -0.3 is 10.1 Å². The SMILES string of the molecule is O=C(CCc1ccc(S(=O)(=O)N2CCCC2)cc1)NCc1cccc(OCc2ccccn2)c1. The lowest BCUT2D eigenvalue weighted by molar-refractivity contribution is -0.121. The smallest absolute Gasteiger partial charge is 0.243 e. The van der Waals surface area contributed by atoms with Gasteiger partial charge in [-0.1, -0.05) is 30.3 Å². The van der Waals surface area contributed by atoms with Crippen LogP contribution in [0, 0.1) is 0 Å². The van der Waals surface area contributed by atoms with Gasteiger partial charge in [0.1, 0.15) is 12.4 Å². The lowest BCUT2D eigenvalue weighted by Crippen LogP contribution is -2.27. The highest BCUT2D eigenvalue weighted by Crippen LogP contribution is 2.21. The number of nitrogens with zero attached hydrogens (tertiary/aromatic N) is 2. The molecular weight excluding hydrogens is 450 g/mol. The second-order valence-electron chi connectivity index (χ2n) is 8.29. The molecule has 1 aromatic heterocycles. The Kier molecular flexibility index (Phi) is 7.92. The van der Waals surface area contributed by atoms with Gasteiger partial charge in [-0.05, 0) is 66.8 Å². The lowest BCUT2D eigenvalue weighted by Gasteiger charge is -2.15. The first-order valence-corrected chi connectivity index (χ1v) is 12.9. The highest BCUT2D eigenvalue weighted by Gasteiger charge is 2.26. The Bertz CT molecular complexity index is 1190. The molecule has 0 unspecified atom stereocenters. The number of rotatable bonds is 10. The van der Waals surface area contributed by atoms with Crippen LogP contribution in [0.2, 0.25) is 0 Å². The summed E-state index contributed by atoms with van der Waals surface area (Å²) in [6.45, 7) is 1.97. The van der Waals surface area contributed by atoms with Crippen molar-refractivity contribution in [2.45, 2.75) is 43.7 Å². The summed E-state index contributed by atoms with van der Waals surface area (Å²) in [6, 6.07) is 20.2. The first-order valence-electron chi connectivity index (χ1n) is 11.5. The Morgan fingerprint density at radius 3 is 2.50 bits per heavy atom. The van der Waals surface area contributed by atoms with Gasteiger partial charge >= 0.3 is 0 Å². The minimum absolute atomic E-state index is 0.0615. The molecule has 0 aliphatic carbocycles. The van der Waals surface area contributed by atoms with Crippen molar-refractivity contribution in [1.82, 2.24) is 14.6 Å². The number of hydrogen-bond acceptors (Lipinski definition) is 5. The number of carbonyl (C=O) groups is 1. The summed E-state index contributed by atoms with van der Waals surface area (Å²) >= 11 is 0. The van der Waals surface area contributed by atoms with Crippen molar-refractivity contribution in [3.63, 3.8) is 0 Å². The van der Waals surface area contributed by atoms with Crippen LogP contribution >= 0.6 is 0 Å². The Balaban J connectivity index is 1.23. The number of carbonyl (C=O) groups excluding carboxylic acids is 1. The van der Waals surface area contributed by atoms with E-state index in [-0.39, 0.29) is 5.91 Å². The molecule has 0 bridgehead atoms. The van der Waals surface area contributed by atoms with E-state index in [2.05, 4.69) is 10.3 Å². The predicted octanol–water partition coefficient (Wildman–Crippen LogP) is 3.69. The maximum Gasteiger partial charge on any atom is 0.243 e. The van der Waals surface area contributed by atoms with Crippen LogP contribution in [0.1, 0.15) is 36.1 Å². The Morgan fingerprint density at radius 2 is 1.76 bits per heavy atom. The molecule has 0 radical (unpaired) electrons. The second kappa shape index (κ2) is 11.3. The minimum Gasteiger partial charge on any atom is -0.487 e. The largest absolute Gasteiger partial charge is 0.487 e. The molecule has 1 saturated heterocycles. The number of nitrogens with one attached hydrogen (secondary N) is 1. The maximum atomic E-state index is 12.6. The van der Waals surface area contributed by atoms with E-state index in [1.165, 1.54) is 4.31 Å². The van der Waals surface area contributed by atoms with Gasteiger partial charge in [0.15, 0.2) is 0 Å². The fraction of sp³-hybridized carbons (Fsp3) is 0.308. The monoisotopic (exact) mass is 479 g/mol. The van der Waals surface area contributed by atoms with Gasteiger partial charge in [0, 0.05) is 32.3 Å². The number of amides is 1. The van der Waals surface area contributed by atoms with Crippen molar-refractivity contribution in [3.05, 3.63) is 89.7 Å². The third-order valence-corrected chi connectivity index (χ3v) is 7.68. The molecule has 1 amide bonds. The molecule has 8 heteroatoms. The zero-order chi connectivity index (χ0) is 23.8. The van der Waals surface area contributed by atoms with Crippen LogP contribution in [-0.2, 0) is 34.4 Å². The van der Waals surface area contributed by atoms with Crippen molar-refractivity contribution in [3.8, 4) is 5.75 Å². The van der Waals surface area contributed by atoms with E-state index < -0.39 is 10.0 Å². The zero-order valence-electron chi connectivity index (χ0n) is 19.0. The molecule has 34 heavy (non-hydrogen) atoms. The van der Waals surface area contributed by atoms with Crippen molar-refractivity contribution in [2.75, 3.05) is 13.1 Å². The van der Waals surface area contributed by atoms with E-state index in [4.69, 9.17) is 4.74 Å². The maximum absolute atomic E-state index is 12.6. The molecule has 0 atom stereocenters. The summed E-state index contributed by atoms with van der Waals surface area (Å²) in [5, 5.41) is 2.93. The molecule has 0 spiro atoms. The van der Waals surface area contributed by atoms with Crippen molar-refractivity contribution < 1.29 is 17.9 Å². The van der Waals surface area contributed by atoms with Gasteiger partial charge in [0.05, 0.1) is 10.6 Å². The third kappa shape index (κ3) is 6.42. The molecule has 2 heterocycles. The van der Waals surface area contributed by atoms with Crippen molar-refractivity contribution in [2.24, 2.45) is 0 Å². The summed E-state index contributed by atoms with van der Waals surface area (Å²) < 4.78 is 32.6. The number of pyridine rings is 1. The fourth-order valence-electron chi connectivity index (χ4n) is 3.84. The van der Waals surface area contributed by atoms with Crippen LogP contribution in [-0.4, -0.2) is 36.7 Å². The molecule has 178 valence electrons.